The van der Waals surface area contributed by atoms with Gasteiger partial charge in [-0.05, 0) is 61.2 Å². The molecule has 2 aliphatic heterocycles. The molecule has 2 atom stereocenters. The van der Waals surface area contributed by atoms with Gasteiger partial charge in [0, 0.05) is 78.8 Å². The standard InChI is InChI=1S/C41H43N7O5S/c1-53-36-12-9-30(21-42-36)38-43-22-32(54-38)23-45-17-13-33(35(24-45)29-5-3-2-4-6-29)39(50)46-19-15-41(52,16-20-46)26-47-27-44-37-34(40(47)51)14-18-48(37)31-10-7-28(25-49)8-11-31/h2-12,14,18,21-22,27,33,35,49,52H,13,15-17,19-20,23-26H2,1H3/t33-,35+/m1/s1. The lowest BCUT2D eigenvalue weighted by Crippen LogP contribution is -2.53. The van der Waals surface area contributed by atoms with Gasteiger partial charge in [0.1, 0.15) is 11.3 Å². The lowest BCUT2D eigenvalue weighted by Gasteiger charge is -2.43. The number of fused-ring (bicyclic) bond motifs is 1. The molecule has 12 nitrogen and oxygen atoms in total. The van der Waals surface area contributed by atoms with E-state index in [1.165, 1.54) is 10.9 Å². The quantitative estimate of drug-likeness (QED) is 0.201. The molecule has 0 bridgehead atoms. The second kappa shape index (κ2) is 15.3. The average molecular weight is 746 g/mol. The van der Waals surface area contributed by atoms with Crippen LogP contribution in [0.1, 0.15) is 41.2 Å². The van der Waals surface area contributed by atoms with E-state index in [0.29, 0.717) is 42.8 Å². The van der Waals surface area contributed by atoms with Crippen molar-refractivity contribution >= 4 is 28.3 Å². The number of benzene rings is 2. The minimum Gasteiger partial charge on any atom is -0.481 e. The maximum Gasteiger partial charge on any atom is 0.262 e. The lowest BCUT2D eigenvalue weighted by atomic mass is 9.79. The zero-order chi connectivity index (χ0) is 37.2. The molecule has 8 rings (SSSR count). The van der Waals surface area contributed by atoms with E-state index in [-0.39, 0.29) is 36.5 Å². The SMILES string of the molecule is COc1ccc(-c2ncc(CN3CC[C@@H](C(=O)N4CCC(O)(Cn5cnc6c(ccn6-c6ccc(CO)cc6)c5=O)CC4)[C@H](c4ccccc4)C3)s2)cn1. The fraction of sp³-hybridized carbons (Fsp3) is 0.341. The Hall–Kier alpha value is -5.21. The first-order valence-electron chi connectivity index (χ1n) is 18.3. The van der Waals surface area contributed by atoms with Crippen molar-refractivity contribution in [2.45, 2.75) is 50.5 Å². The highest BCUT2D eigenvalue weighted by atomic mass is 32.1. The summed E-state index contributed by atoms with van der Waals surface area (Å²) in [6, 6.07) is 23.3. The number of methoxy groups -OCH3 is 1. The minimum absolute atomic E-state index is 0.0303. The average Bonchev–Trinajstić information content (AvgIpc) is 3.87. The van der Waals surface area contributed by atoms with Crippen LogP contribution in [0, 0.1) is 5.92 Å². The normalized spacial score (nSPS) is 18.9. The fourth-order valence-electron chi connectivity index (χ4n) is 7.85. The minimum atomic E-state index is -1.14. The first-order chi connectivity index (χ1) is 26.3. The first-order valence-corrected chi connectivity index (χ1v) is 19.1. The second-order valence-corrected chi connectivity index (χ2v) is 15.5. The summed E-state index contributed by atoms with van der Waals surface area (Å²) >= 11 is 1.66. The smallest absolute Gasteiger partial charge is 0.262 e. The van der Waals surface area contributed by atoms with Crippen LogP contribution in [0.3, 0.4) is 0 Å². The molecule has 2 saturated heterocycles. The molecule has 0 aliphatic carbocycles. The summed E-state index contributed by atoms with van der Waals surface area (Å²) in [7, 11) is 1.60. The molecule has 1 amide bonds. The van der Waals surface area contributed by atoms with Gasteiger partial charge in [-0.3, -0.25) is 19.1 Å². The van der Waals surface area contributed by atoms with E-state index >= 15 is 0 Å². The lowest BCUT2D eigenvalue weighted by molar-refractivity contribution is -0.142. The zero-order valence-corrected chi connectivity index (χ0v) is 30.9. The Bertz CT molecular complexity index is 2280. The summed E-state index contributed by atoms with van der Waals surface area (Å²) in [5, 5.41) is 22.5. The van der Waals surface area contributed by atoms with Crippen LogP contribution < -0.4 is 10.3 Å². The number of aliphatic hydroxyl groups is 2. The van der Waals surface area contributed by atoms with Crippen molar-refractivity contribution in [3.8, 4) is 22.1 Å². The Morgan fingerprint density at radius 3 is 2.48 bits per heavy atom. The molecule has 0 spiro atoms. The van der Waals surface area contributed by atoms with Crippen LogP contribution in [-0.4, -0.2) is 88.9 Å². The van der Waals surface area contributed by atoms with Gasteiger partial charge in [0.15, 0.2) is 5.65 Å². The number of nitrogens with zero attached hydrogens (tertiary/aromatic N) is 7. The number of hydrogen-bond donors (Lipinski definition) is 2. The van der Waals surface area contributed by atoms with Crippen LogP contribution in [0.4, 0.5) is 0 Å². The van der Waals surface area contributed by atoms with E-state index in [9.17, 15) is 19.8 Å². The molecule has 54 heavy (non-hydrogen) atoms. The van der Waals surface area contributed by atoms with Crippen LogP contribution in [0.25, 0.3) is 27.3 Å². The van der Waals surface area contributed by atoms with Gasteiger partial charge >= 0.3 is 0 Å². The van der Waals surface area contributed by atoms with E-state index in [1.54, 1.807) is 36.9 Å². The third-order valence-electron chi connectivity index (χ3n) is 10.9. The van der Waals surface area contributed by atoms with Gasteiger partial charge in [0.05, 0.1) is 31.2 Å². The predicted molar refractivity (Wildman–Crippen MR) is 206 cm³/mol. The molecule has 2 aromatic carbocycles. The van der Waals surface area contributed by atoms with E-state index in [1.807, 2.05) is 70.3 Å². The van der Waals surface area contributed by atoms with Crippen molar-refractivity contribution in [2.75, 3.05) is 33.3 Å². The molecule has 0 saturated carbocycles. The van der Waals surface area contributed by atoms with Gasteiger partial charge in [-0.2, -0.15) is 0 Å². The maximum atomic E-state index is 14.3. The zero-order valence-electron chi connectivity index (χ0n) is 30.1. The largest absolute Gasteiger partial charge is 0.481 e. The van der Waals surface area contributed by atoms with Crippen molar-refractivity contribution in [1.82, 2.24) is 33.9 Å². The Morgan fingerprint density at radius 2 is 1.76 bits per heavy atom. The van der Waals surface area contributed by atoms with Crippen LogP contribution >= 0.6 is 11.3 Å². The third-order valence-corrected chi connectivity index (χ3v) is 11.9. The number of rotatable bonds is 10. The predicted octanol–water partition coefficient (Wildman–Crippen LogP) is 4.87. The highest BCUT2D eigenvalue weighted by Gasteiger charge is 2.41. The van der Waals surface area contributed by atoms with Crippen LogP contribution in [-0.2, 0) is 24.5 Å². The summed E-state index contributed by atoms with van der Waals surface area (Å²) in [5.74, 6) is 0.558. The van der Waals surface area contributed by atoms with Crippen LogP contribution in [0.5, 0.6) is 5.88 Å². The maximum absolute atomic E-state index is 14.3. The highest BCUT2D eigenvalue weighted by molar-refractivity contribution is 7.15. The number of ether oxygens (including phenoxy) is 1. The number of carbonyl (C=O) groups is 1. The van der Waals surface area contributed by atoms with Gasteiger partial charge in [0.2, 0.25) is 11.8 Å². The van der Waals surface area contributed by atoms with Gasteiger partial charge in [-0.25, -0.2) is 15.0 Å². The number of likely N-dealkylation sites (tertiary alicyclic amines) is 2. The molecule has 13 heteroatoms. The van der Waals surface area contributed by atoms with Crippen molar-refractivity contribution < 1.29 is 19.7 Å². The second-order valence-electron chi connectivity index (χ2n) is 14.3. The molecular formula is C41H43N7O5S. The summed E-state index contributed by atoms with van der Waals surface area (Å²) in [4.78, 5) is 46.9. The number of carbonyl (C=O) groups excluding carboxylic acids is 1. The van der Waals surface area contributed by atoms with Gasteiger partial charge < -0.3 is 24.4 Å². The Labute approximate surface area is 316 Å². The van der Waals surface area contributed by atoms with E-state index in [0.717, 1.165) is 58.3 Å². The van der Waals surface area contributed by atoms with Crippen molar-refractivity contribution in [1.29, 1.82) is 0 Å². The van der Waals surface area contributed by atoms with Gasteiger partial charge in [-0.1, -0.05) is 42.5 Å². The number of aromatic nitrogens is 5. The number of piperidine rings is 2. The van der Waals surface area contributed by atoms with E-state index in [2.05, 4.69) is 32.0 Å². The molecule has 0 unspecified atom stereocenters. The van der Waals surface area contributed by atoms with Gasteiger partial charge in [-0.15, -0.1) is 11.3 Å². The van der Waals surface area contributed by atoms with Crippen molar-refractivity contribution in [3.05, 3.63) is 124 Å². The number of thiazole rings is 1. The molecule has 2 aliphatic rings. The summed E-state index contributed by atoms with van der Waals surface area (Å²) in [6.07, 6.45) is 8.50. The third kappa shape index (κ3) is 7.32. The van der Waals surface area contributed by atoms with Crippen LogP contribution in [0.2, 0.25) is 0 Å². The number of hydrogen-bond acceptors (Lipinski definition) is 10. The Kier molecular flexibility index (Phi) is 10.1. The molecular weight excluding hydrogens is 703 g/mol. The number of pyridine rings is 1. The fourth-order valence-corrected chi connectivity index (χ4v) is 8.79. The van der Waals surface area contributed by atoms with E-state index in [4.69, 9.17) is 4.74 Å². The molecule has 278 valence electrons. The Morgan fingerprint density at radius 1 is 0.963 bits per heavy atom. The molecule has 4 aromatic heterocycles. The van der Waals surface area contributed by atoms with Crippen molar-refractivity contribution in [2.24, 2.45) is 5.92 Å². The molecule has 2 N–H and O–H groups in total. The van der Waals surface area contributed by atoms with E-state index < -0.39 is 5.60 Å². The molecule has 0 radical (unpaired) electrons. The number of aliphatic hydroxyl groups excluding tert-OH is 1. The molecule has 2 fully saturated rings. The Balaban J connectivity index is 0.919. The first kappa shape index (κ1) is 35.8. The molecule has 6 heterocycles. The summed E-state index contributed by atoms with van der Waals surface area (Å²) in [6.45, 7) is 3.21. The monoisotopic (exact) mass is 745 g/mol. The topological polar surface area (TPSA) is 139 Å². The van der Waals surface area contributed by atoms with Gasteiger partial charge in [0.25, 0.3) is 5.56 Å². The summed E-state index contributed by atoms with van der Waals surface area (Å²) in [5.41, 5.74) is 2.91. The molecule has 6 aromatic rings. The van der Waals surface area contributed by atoms with Crippen LogP contribution in [0.15, 0.2) is 103 Å². The highest BCUT2D eigenvalue weighted by Crippen LogP contribution is 2.37. The number of amides is 1. The van der Waals surface area contributed by atoms with Crippen molar-refractivity contribution in [3.63, 3.8) is 0 Å². The summed E-state index contributed by atoms with van der Waals surface area (Å²) < 4.78 is 8.52.